The van der Waals surface area contributed by atoms with E-state index in [1.807, 2.05) is 12.1 Å². The molecule has 1 heterocycles. The number of ether oxygens (including phenoxy) is 2. The first-order valence-corrected chi connectivity index (χ1v) is 6.13. The predicted molar refractivity (Wildman–Crippen MR) is 65.2 cm³/mol. The molecular weight excluding hydrogens is 232 g/mol. The maximum atomic E-state index is 11.9. The van der Waals surface area contributed by atoms with Gasteiger partial charge < -0.3 is 9.47 Å². The van der Waals surface area contributed by atoms with E-state index in [1.165, 1.54) is 0 Å². The molecule has 18 heavy (non-hydrogen) atoms. The molecule has 1 aliphatic heterocycles. The molecule has 2 unspecified atom stereocenters. The zero-order valence-electron chi connectivity index (χ0n) is 10.3. The van der Waals surface area contributed by atoms with Crippen molar-refractivity contribution in [3.05, 3.63) is 29.8 Å². The van der Waals surface area contributed by atoms with Gasteiger partial charge in [0.25, 0.3) is 6.47 Å². The number of benzene rings is 1. The highest BCUT2D eigenvalue weighted by atomic mass is 16.5. The van der Waals surface area contributed by atoms with E-state index in [4.69, 9.17) is 9.47 Å². The van der Waals surface area contributed by atoms with Crippen LogP contribution in [0.3, 0.4) is 0 Å². The second-order valence-electron chi connectivity index (χ2n) is 4.41. The highest BCUT2D eigenvalue weighted by molar-refractivity contribution is 5.81. The van der Waals surface area contributed by atoms with E-state index in [1.54, 1.807) is 12.1 Å². The summed E-state index contributed by atoms with van der Waals surface area (Å²) >= 11 is 0. The largest absolute Gasteiger partial charge is 0.465 e. The van der Waals surface area contributed by atoms with Crippen molar-refractivity contribution < 1.29 is 19.1 Å². The number of para-hydroxylation sites is 1. The van der Waals surface area contributed by atoms with Gasteiger partial charge in [0.05, 0.1) is 12.5 Å². The molecule has 0 N–H and O–H groups in total. The van der Waals surface area contributed by atoms with Crippen LogP contribution < -0.4 is 4.74 Å². The molecule has 0 saturated carbocycles. The molecule has 0 spiro atoms. The molecule has 1 aromatic carbocycles. The molecule has 0 amide bonds. The fourth-order valence-corrected chi connectivity index (χ4v) is 2.47. The summed E-state index contributed by atoms with van der Waals surface area (Å²) < 4.78 is 10.1. The van der Waals surface area contributed by atoms with E-state index < -0.39 is 0 Å². The third-order valence-corrected chi connectivity index (χ3v) is 3.25. The lowest BCUT2D eigenvalue weighted by Gasteiger charge is -2.16. The van der Waals surface area contributed by atoms with Crippen molar-refractivity contribution in [2.24, 2.45) is 5.92 Å². The summed E-state index contributed by atoms with van der Waals surface area (Å²) in [6, 6.07) is 7.12. The first-order chi connectivity index (χ1) is 8.77. The van der Waals surface area contributed by atoms with Crippen molar-refractivity contribution in [3.63, 3.8) is 0 Å². The average molecular weight is 248 g/mol. The third kappa shape index (κ3) is 2.37. The standard InChI is InChI=1S/C14H16O4/c1-2-5-10-8-17-14(16)13(10)11-6-3-4-7-12(11)18-9-15/h3-4,6-7,9-10,13H,2,5,8H2,1H3. The van der Waals surface area contributed by atoms with Crippen LogP contribution in [-0.4, -0.2) is 19.0 Å². The van der Waals surface area contributed by atoms with Gasteiger partial charge in [0.15, 0.2) is 0 Å². The third-order valence-electron chi connectivity index (χ3n) is 3.25. The first-order valence-electron chi connectivity index (χ1n) is 6.13. The van der Waals surface area contributed by atoms with Crippen molar-refractivity contribution in [1.82, 2.24) is 0 Å². The van der Waals surface area contributed by atoms with Crippen molar-refractivity contribution in [2.75, 3.05) is 6.61 Å². The number of carbonyl (C=O) groups excluding carboxylic acids is 2. The summed E-state index contributed by atoms with van der Waals surface area (Å²) in [5.41, 5.74) is 0.741. The van der Waals surface area contributed by atoms with Crippen LogP contribution in [0.2, 0.25) is 0 Å². The molecule has 2 rings (SSSR count). The quantitative estimate of drug-likeness (QED) is 0.592. The molecule has 2 atom stereocenters. The zero-order chi connectivity index (χ0) is 13.0. The summed E-state index contributed by atoms with van der Waals surface area (Å²) in [5, 5.41) is 0. The molecule has 4 nitrogen and oxygen atoms in total. The van der Waals surface area contributed by atoms with E-state index >= 15 is 0 Å². The molecule has 0 aliphatic carbocycles. The van der Waals surface area contributed by atoms with Gasteiger partial charge in [0.2, 0.25) is 0 Å². The molecule has 1 aromatic rings. The Balaban J connectivity index is 2.33. The lowest BCUT2D eigenvalue weighted by molar-refractivity contribution is -0.139. The van der Waals surface area contributed by atoms with Crippen LogP contribution in [-0.2, 0) is 14.3 Å². The van der Waals surface area contributed by atoms with Gasteiger partial charge in [-0.1, -0.05) is 31.5 Å². The molecule has 0 aromatic heterocycles. The Hall–Kier alpha value is -1.84. The SMILES string of the molecule is CCCC1COC(=O)C1c1ccccc1OC=O. The maximum Gasteiger partial charge on any atom is 0.313 e. The molecule has 0 bridgehead atoms. The molecule has 0 radical (unpaired) electrons. The topological polar surface area (TPSA) is 52.6 Å². The van der Waals surface area contributed by atoms with E-state index in [9.17, 15) is 9.59 Å². The summed E-state index contributed by atoms with van der Waals surface area (Å²) in [4.78, 5) is 22.3. The van der Waals surface area contributed by atoms with Gasteiger partial charge in [0.1, 0.15) is 5.75 Å². The second-order valence-corrected chi connectivity index (χ2v) is 4.41. The fraction of sp³-hybridized carbons (Fsp3) is 0.429. The van der Waals surface area contributed by atoms with E-state index in [-0.39, 0.29) is 17.8 Å². The second kappa shape index (κ2) is 5.67. The smallest absolute Gasteiger partial charge is 0.313 e. The van der Waals surface area contributed by atoms with Gasteiger partial charge in [-0.15, -0.1) is 0 Å². The van der Waals surface area contributed by atoms with E-state index in [2.05, 4.69) is 6.92 Å². The lowest BCUT2D eigenvalue weighted by atomic mass is 9.85. The fourth-order valence-electron chi connectivity index (χ4n) is 2.47. The molecule has 96 valence electrons. The van der Waals surface area contributed by atoms with Gasteiger partial charge in [0, 0.05) is 11.5 Å². The molecular formula is C14H16O4. The van der Waals surface area contributed by atoms with Crippen LogP contribution in [0, 0.1) is 5.92 Å². The minimum atomic E-state index is -0.318. The van der Waals surface area contributed by atoms with Crippen molar-refractivity contribution in [2.45, 2.75) is 25.7 Å². The summed E-state index contributed by atoms with van der Waals surface area (Å²) in [7, 11) is 0. The number of hydrogen-bond donors (Lipinski definition) is 0. The maximum absolute atomic E-state index is 11.9. The van der Waals surface area contributed by atoms with Gasteiger partial charge in [-0.2, -0.15) is 0 Å². The Morgan fingerprint density at radius 3 is 2.94 bits per heavy atom. The molecule has 4 heteroatoms. The van der Waals surface area contributed by atoms with Crippen LogP contribution in [0.4, 0.5) is 0 Å². The van der Waals surface area contributed by atoms with E-state index in [0.29, 0.717) is 18.8 Å². The Morgan fingerprint density at radius 2 is 2.22 bits per heavy atom. The number of carbonyl (C=O) groups is 2. The highest BCUT2D eigenvalue weighted by Crippen LogP contribution is 2.39. The first kappa shape index (κ1) is 12.6. The van der Waals surface area contributed by atoms with Gasteiger partial charge in [-0.3, -0.25) is 9.59 Å². The summed E-state index contributed by atoms with van der Waals surface area (Å²) in [6.07, 6.45) is 1.92. The number of esters is 1. The van der Waals surface area contributed by atoms with Gasteiger partial charge in [-0.25, -0.2) is 0 Å². The molecule has 1 saturated heterocycles. The Bertz CT molecular complexity index is 441. The Morgan fingerprint density at radius 1 is 1.44 bits per heavy atom. The summed E-state index contributed by atoms with van der Waals surface area (Å²) in [6.45, 7) is 2.91. The van der Waals surface area contributed by atoms with Crippen LogP contribution >= 0.6 is 0 Å². The minimum absolute atomic E-state index is 0.166. The molecule has 1 aliphatic rings. The van der Waals surface area contributed by atoms with Crippen LogP contribution in [0.5, 0.6) is 5.75 Å². The predicted octanol–water partition coefficient (Wildman–Crippen LogP) is 2.28. The average Bonchev–Trinajstić information content (AvgIpc) is 2.73. The molecule has 1 fully saturated rings. The van der Waals surface area contributed by atoms with Crippen LogP contribution in [0.15, 0.2) is 24.3 Å². The van der Waals surface area contributed by atoms with Crippen LogP contribution in [0.25, 0.3) is 0 Å². The van der Waals surface area contributed by atoms with Gasteiger partial charge in [-0.05, 0) is 12.5 Å². The van der Waals surface area contributed by atoms with Crippen molar-refractivity contribution in [1.29, 1.82) is 0 Å². The lowest BCUT2D eigenvalue weighted by Crippen LogP contribution is -2.15. The normalized spacial score (nSPS) is 22.6. The highest BCUT2D eigenvalue weighted by Gasteiger charge is 2.38. The minimum Gasteiger partial charge on any atom is -0.465 e. The van der Waals surface area contributed by atoms with E-state index in [0.717, 1.165) is 18.4 Å². The Kier molecular flexibility index (Phi) is 3.97. The Labute approximate surface area is 106 Å². The number of cyclic esters (lactones) is 1. The number of hydrogen-bond acceptors (Lipinski definition) is 4. The van der Waals surface area contributed by atoms with Crippen molar-refractivity contribution >= 4 is 12.4 Å². The van der Waals surface area contributed by atoms with Crippen molar-refractivity contribution in [3.8, 4) is 5.75 Å². The zero-order valence-corrected chi connectivity index (χ0v) is 10.3. The number of rotatable bonds is 5. The van der Waals surface area contributed by atoms with Gasteiger partial charge >= 0.3 is 5.97 Å². The van der Waals surface area contributed by atoms with Crippen LogP contribution in [0.1, 0.15) is 31.2 Å². The summed E-state index contributed by atoms with van der Waals surface area (Å²) in [5.74, 6) is 0.0628. The monoisotopic (exact) mass is 248 g/mol.